The van der Waals surface area contributed by atoms with Crippen LogP contribution in [0.3, 0.4) is 0 Å². The average molecular weight is 268 g/mol. The van der Waals surface area contributed by atoms with E-state index in [9.17, 15) is 4.79 Å². The Kier molecular flexibility index (Phi) is 3.61. The van der Waals surface area contributed by atoms with Crippen LogP contribution in [-0.4, -0.2) is 11.0 Å². The molecule has 0 unspecified atom stereocenters. The number of rotatable bonds is 2. The van der Waals surface area contributed by atoms with Crippen LogP contribution < -0.4 is 4.74 Å². The third-order valence-electron chi connectivity index (χ3n) is 1.98. The summed E-state index contributed by atoms with van der Waals surface area (Å²) in [5, 5.41) is 0.393. The van der Waals surface area contributed by atoms with E-state index in [1.807, 2.05) is 6.07 Å². The monoisotopic (exact) mass is 267 g/mol. The molecule has 0 atom stereocenters. The standard InChI is InChI=1S/C12H7Cl2NO2/c13-8-6-10(11(14)15-7-8)12(16)17-9-4-2-1-3-5-9/h1-7H. The highest BCUT2D eigenvalue weighted by atomic mass is 35.5. The molecule has 1 aromatic carbocycles. The van der Waals surface area contributed by atoms with E-state index in [0.717, 1.165) is 0 Å². The molecule has 17 heavy (non-hydrogen) atoms. The quantitative estimate of drug-likeness (QED) is 0.474. The van der Waals surface area contributed by atoms with Gasteiger partial charge in [-0.1, -0.05) is 41.4 Å². The maximum Gasteiger partial charge on any atom is 0.346 e. The topological polar surface area (TPSA) is 39.2 Å². The predicted octanol–water partition coefficient (Wildman–Crippen LogP) is 3.61. The zero-order valence-electron chi connectivity index (χ0n) is 8.56. The second-order valence-corrected chi connectivity index (χ2v) is 3.99. The Balaban J connectivity index is 2.23. The lowest BCUT2D eigenvalue weighted by atomic mass is 10.3. The summed E-state index contributed by atoms with van der Waals surface area (Å²) in [4.78, 5) is 15.6. The van der Waals surface area contributed by atoms with Gasteiger partial charge >= 0.3 is 5.97 Å². The number of para-hydroxylation sites is 1. The van der Waals surface area contributed by atoms with Gasteiger partial charge < -0.3 is 4.74 Å². The van der Waals surface area contributed by atoms with Gasteiger partial charge in [-0.05, 0) is 18.2 Å². The van der Waals surface area contributed by atoms with Crippen LogP contribution in [0.25, 0.3) is 0 Å². The molecule has 0 N–H and O–H groups in total. The van der Waals surface area contributed by atoms with Gasteiger partial charge in [-0.25, -0.2) is 9.78 Å². The van der Waals surface area contributed by atoms with Crippen LogP contribution in [0.1, 0.15) is 10.4 Å². The number of nitrogens with zero attached hydrogens (tertiary/aromatic N) is 1. The molecule has 1 aromatic heterocycles. The number of esters is 1. The first-order valence-corrected chi connectivity index (χ1v) is 5.50. The van der Waals surface area contributed by atoms with Crippen LogP contribution in [0.5, 0.6) is 5.75 Å². The molecule has 3 nitrogen and oxygen atoms in total. The molecule has 86 valence electrons. The van der Waals surface area contributed by atoms with Gasteiger partial charge in [-0.3, -0.25) is 0 Å². The van der Waals surface area contributed by atoms with Crippen molar-refractivity contribution in [3.63, 3.8) is 0 Å². The van der Waals surface area contributed by atoms with Crippen molar-refractivity contribution in [2.75, 3.05) is 0 Å². The number of halogens is 2. The summed E-state index contributed by atoms with van der Waals surface area (Å²) in [5.74, 6) is -0.148. The van der Waals surface area contributed by atoms with Crippen LogP contribution in [0.2, 0.25) is 10.2 Å². The predicted molar refractivity (Wildman–Crippen MR) is 65.7 cm³/mol. The van der Waals surface area contributed by atoms with Gasteiger partial charge in [0.2, 0.25) is 0 Å². The highest BCUT2D eigenvalue weighted by Crippen LogP contribution is 2.20. The number of ether oxygens (including phenoxy) is 1. The number of aromatic nitrogens is 1. The first-order valence-electron chi connectivity index (χ1n) is 4.75. The number of carbonyl (C=O) groups is 1. The summed E-state index contributed by atoms with van der Waals surface area (Å²) in [5.41, 5.74) is 0.142. The third-order valence-corrected chi connectivity index (χ3v) is 2.49. The van der Waals surface area contributed by atoms with Gasteiger partial charge in [0.05, 0.1) is 10.6 Å². The normalized spacial score (nSPS) is 10.0. The van der Waals surface area contributed by atoms with Gasteiger partial charge in [-0.15, -0.1) is 0 Å². The fraction of sp³-hybridized carbons (Fsp3) is 0. The van der Waals surface area contributed by atoms with Crippen molar-refractivity contribution in [3.05, 3.63) is 58.3 Å². The van der Waals surface area contributed by atoms with Crippen LogP contribution >= 0.6 is 23.2 Å². The van der Waals surface area contributed by atoms with E-state index < -0.39 is 5.97 Å². The summed E-state index contributed by atoms with van der Waals surface area (Å²) in [6, 6.07) is 10.1. The molecule has 0 amide bonds. The van der Waals surface area contributed by atoms with E-state index in [0.29, 0.717) is 10.8 Å². The Morgan fingerprint density at radius 1 is 1.18 bits per heavy atom. The summed E-state index contributed by atoms with van der Waals surface area (Å²) >= 11 is 11.5. The Labute approximate surface area is 108 Å². The molecule has 0 saturated heterocycles. The van der Waals surface area contributed by atoms with Gasteiger partial charge in [0.15, 0.2) is 0 Å². The van der Waals surface area contributed by atoms with Crippen molar-refractivity contribution in [1.29, 1.82) is 0 Å². The molecule has 5 heteroatoms. The maximum atomic E-state index is 11.8. The smallest absolute Gasteiger partial charge is 0.346 e. The number of pyridine rings is 1. The second-order valence-electron chi connectivity index (χ2n) is 3.19. The zero-order valence-corrected chi connectivity index (χ0v) is 10.1. The molecule has 0 saturated carbocycles. The van der Waals surface area contributed by atoms with Crippen LogP contribution in [0.15, 0.2) is 42.6 Å². The van der Waals surface area contributed by atoms with Crippen LogP contribution in [0.4, 0.5) is 0 Å². The van der Waals surface area contributed by atoms with Crippen molar-refractivity contribution >= 4 is 29.2 Å². The van der Waals surface area contributed by atoms with Crippen LogP contribution in [-0.2, 0) is 0 Å². The molecule has 0 radical (unpaired) electrons. The lowest BCUT2D eigenvalue weighted by molar-refractivity contribution is 0.0734. The van der Waals surface area contributed by atoms with Crippen molar-refractivity contribution in [1.82, 2.24) is 4.98 Å². The minimum Gasteiger partial charge on any atom is -0.423 e. The molecule has 0 fully saturated rings. The fourth-order valence-electron chi connectivity index (χ4n) is 1.22. The van der Waals surface area contributed by atoms with Gasteiger partial charge in [0.1, 0.15) is 10.9 Å². The molecule has 0 bridgehead atoms. The molecule has 0 aliphatic heterocycles. The lowest BCUT2D eigenvalue weighted by Crippen LogP contribution is -2.09. The van der Waals surface area contributed by atoms with Gasteiger partial charge in [0.25, 0.3) is 0 Å². The van der Waals surface area contributed by atoms with E-state index >= 15 is 0 Å². The first kappa shape index (κ1) is 11.9. The Morgan fingerprint density at radius 3 is 2.59 bits per heavy atom. The third kappa shape index (κ3) is 2.96. The highest BCUT2D eigenvalue weighted by Gasteiger charge is 2.14. The van der Waals surface area contributed by atoms with E-state index in [1.165, 1.54) is 12.3 Å². The molecule has 0 aliphatic carbocycles. The number of hydrogen-bond acceptors (Lipinski definition) is 3. The van der Waals surface area contributed by atoms with Gasteiger partial charge in [0, 0.05) is 6.20 Å². The number of hydrogen-bond donors (Lipinski definition) is 0. The van der Waals surface area contributed by atoms with E-state index in [2.05, 4.69) is 4.98 Å². The lowest BCUT2D eigenvalue weighted by Gasteiger charge is -2.05. The summed E-state index contributed by atoms with van der Waals surface area (Å²) in [7, 11) is 0. The highest BCUT2D eigenvalue weighted by molar-refractivity contribution is 6.34. The molecular weight excluding hydrogens is 261 g/mol. The van der Waals surface area contributed by atoms with Crippen molar-refractivity contribution in [2.45, 2.75) is 0 Å². The molecule has 0 aliphatic rings. The Morgan fingerprint density at radius 2 is 1.88 bits per heavy atom. The summed E-state index contributed by atoms with van der Waals surface area (Å²) < 4.78 is 5.11. The van der Waals surface area contributed by atoms with E-state index in [1.54, 1.807) is 24.3 Å². The summed E-state index contributed by atoms with van der Waals surface area (Å²) in [6.45, 7) is 0. The minimum absolute atomic E-state index is 0.0651. The molecule has 0 spiro atoms. The SMILES string of the molecule is O=C(Oc1ccccc1)c1cc(Cl)cnc1Cl. The number of benzene rings is 1. The van der Waals surface area contributed by atoms with Crippen LogP contribution in [0, 0.1) is 0 Å². The fourth-order valence-corrected chi connectivity index (χ4v) is 1.55. The van der Waals surface area contributed by atoms with Crippen molar-refractivity contribution < 1.29 is 9.53 Å². The largest absolute Gasteiger partial charge is 0.423 e. The number of carbonyl (C=O) groups excluding carboxylic acids is 1. The second kappa shape index (κ2) is 5.17. The Hall–Kier alpha value is -1.58. The van der Waals surface area contributed by atoms with E-state index in [4.69, 9.17) is 27.9 Å². The van der Waals surface area contributed by atoms with Crippen molar-refractivity contribution in [3.8, 4) is 5.75 Å². The molecule has 2 rings (SSSR count). The Bertz CT molecular complexity index is 543. The minimum atomic E-state index is -0.587. The zero-order chi connectivity index (χ0) is 12.3. The summed E-state index contributed by atoms with van der Waals surface area (Å²) in [6.07, 6.45) is 1.36. The van der Waals surface area contributed by atoms with E-state index in [-0.39, 0.29) is 10.7 Å². The maximum absolute atomic E-state index is 11.8. The molecule has 2 aromatic rings. The molecular formula is C12H7Cl2NO2. The van der Waals surface area contributed by atoms with Crippen molar-refractivity contribution in [2.24, 2.45) is 0 Å². The first-order chi connectivity index (χ1) is 8.16. The average Bonchev–Trinajstić information content (AvgIpc) is 2.33. The molecule has 1 heterocycles. The van der Waals surface area contributed by atoms with Gasteiger partial charge in [-0.2, -0.15) is 0 Å².